The summed E-state index contributed by atoms with van der Waals surface area (Å²) in [5, 5.41) is 7.17. The maximum atomic E-state index is 4.37. The molecule has 0 radical (unpaired) electrons. The van der Waals surface area contributed by atoms with Crippen molar-refractivity contribution >= 4 is 5.96 Å². The molecule has 3 nitrogen and oxygen atoms in total. The van der Waals surface area contributed by atoms with E-state index in [1.807, 2.05) is 7.05 Å². The van der Waals surface area contributed by atoms with Gasteiger partial charge in [-0.05, 0) is 50.4 Å². The highest BCUT2D eigenvalue weighted by Crippen LogP contribution is 2.34. The molecule has 2 fully saturated rings. The summed E-state index contributed by atoms with van der Waals surface area (Å²) in [4.78, 5) is 4.37. The zero-order valence-corrected chi connectivity index (χ0v) is 12.2. The number of hydrogen-bond acceptors (Lipinski definition) is 1. The molecule has 0 aromatic heterocycles. The van der Waals surface area contributed by atoms with Crippen molar-refractivity contribution in [3.8, 4) is 0 Å². The van der Waals surface area contributed by atoms with Gasteiger partial charge in [0.15, 0.2) is 5.96 Å². The third-order valence-corrected chi connectivity index (χ3v) is 4.48. The average molecular weight is 251 g/mol. The number of guanidine groups is 1. The van der Waals surface area contributed by atoms with Crippen LogP contribution in [0.1, 0.15) is 58.8 Å². The molecule has 0 bridgehead atoms. The Balaban J connectivity index is 1.70. The van der Waals surface area contributed by atoms with E-state index in [0.29, 0.717) is 12.1 Å². The lowest BCUT2D eigenvalue weighted by Gasteiger charge is -2.28. The van der Waals surface area contributed by atoms with Gasteiger partial charge >= 0.3 is 0 Å². The van der Waals surface area contributed by atoms with Crippen molar-refractivity contribution in [3.63, 3.8) is 0 Å². The van der Waals surface area contributed by atoms with Crippen LogP contribution >= 0.6 is 0 Å². The van der Waals surface area contributed by atoms with Gasteiger partial charge in [0, 0.05) is 19.1 Å². The van der Waals surface area contributed by atoms with Crippen LogP contribution in [-0.4, -0.2) is 25.1 Å². The van der Waals surface area contributed by atoms with Crippen LogP contribution in [0.4, 0.5) is 0 Å². The first-order valence-electron chi connectivity index (χ1n) is 7.72. The van der Waals surface area contributed by atoms with Crippen molar-refractivity contribution in [2.24, 2.45) is 16.8 Å². The SMILES string of the molecule is CCCC1CC1NC(=NC)NC1CCC(C)CC1. The van der Waals surface area contributed by atoms with Crippen LogP contribution in [0.5, 0.6) is 0 Å². The summed E-state index contributed by atoms with van der Waals surface area (Å²) < 4.78 is 0. The molecular formula is C15H29N3. The van der Waals surface area contributed by atoms with Crippen molar-refractivity contribution in [1.82, 2.24) is 10.6 Å². The van der Waals surface area contributed by atoms with Gasteiger partial charge in [-0.1, -0.05) is 20.3 Å². The summed E-state index contributed by atoms with van der Waals surface area (Å²) in [6.07, 6.45) is 9.30. The van der Waals surface area contributed by atoms with Gasteiger partial charge in [0.25, 0.3) is 0 Å². The van der Waals surface area contributed by atoms with Crippen LogP contribution in [0.15, 0.2) is 4.99 Å². The molecule has 2 unspecified atom stereocenters. The van der Waals surface area contributed by atoms with E-state index in [4.69, 9.17) is 0 Å². The van der Waals surface area contributed by atoms with Crippen LogP contribution in [0.25, 0.3) is 0 Å². The fraction of sp³-hybridized carbons (Fsp3) is 0.933. The minimum atomic E-state index is 0.635. The molecule has 2 aliphatic rings. The molecule has 104 valence electrons. The third kappa shape index (κ3) is 3.89. The van der Waals surface area contributed by atoms with Crippen LogP contribution in [0, 0.1) is 11.8 Å². The van der Waals surface area contributed by atoms with Crippen LogP contribution in [-0.2, 0) is 0 Å². The average Bonchev–Trinajstić information content (AvgIpc) is 3.10. The Morgan fingerprint density at radius 2 is 1.89 bits per heavy atom. The van der Waals surface area contributed by atoms with Crippen molar-refractivity contribution in [2.45, 2.75) is 70.9 Å². The largest absolute Gasteiger partial charge is 0.354 e. The van der Waals surface area contributed by atoms with Gasteiger partial charge in [0.05, 0.1) is 0 Å². The van der Waals surface area contributed by atoms with E-state index in [2.05, 4.69) is 29.5 Å². The summed E-state index contributed by atoms with van der Waals surface area (Å²) in [5.41, 5.74) is 0. The Morgan fingerprint density at radius 3 is 2.50 bits per heavy atom. The standard InChI is InChI=1S/C15H29N3/c1-4-5-12-10-14(12)18-15(16-3)17-13-8-6-11(2)7-9-13/h11-14H,4-10H2,1-3H3,(H2,16,17,18). The number of nitrogens with zero attached hydrogens (tertiary/aromatic N) is 1. The molecule has 0 saturated heterocycles. The van der Waals surface area contributed by atoms with Crippen molar-refractivity contribution in [2.75, 3.05) is 7.05 Å². The number of aliphatic imine (C=N–C) groups is 1. The minimum absolute atomic E-state index is 0.635. The van der Waals surface area contributed by atoms with E-state index in [-0.39, 0.29) is 0 Å². The summed E-state index contributed by atoms with van der Waals surface area (Å²) in [5.74, 6) is 2.83. The molecule has 0 aromatic carbocycles. The Hall–Kier alpha value is -0.730. The lowest BCUT2D eigenvalue weighted by molar-refractivity contribution is 0.329. The van der Waals surface area contributed by atoms with E-state index < -0.39 is 0 Å². The molecule has 2 aliphatic carbocycles. The van der Waals surface area contributed by atoms with Crippen molar-refractivity contribution in [1.29, 1.82) is 0 Å². The molecule has 0 amide bonds. The van der Waals surface area contributed by atoms with E-state index in [0.717, 1.165) is 17.8 Å². The second-order valence-corrected chi connectivity index (χ2v) is 6.21. The molecule has 2 saturated carbocycles. The molecule has 2 N–H and O–H groups in total. The lowest BCUT2D eigenvalue weighted by atomic mass is 9.87. The molecule has 0 aliphatic heterocycles. The zero-order valence-electron chi connectivity index (χ0n) is 12.2. The number of rotatable bonds is 4. The van der Waals surface area contributed by atoms with Gasteiger partial charge in [0.1, 0.15) is 0 Å². The van der Waals surface area contributed by atoms with Gasteiger partial charge in [-0.15, -0.1) is 0 Å². The summed E-state index contributed by atoms with van der Waals surface area (Å²) >= 11 is 0. The fourth-order valence-corrected chi connectivity index (χ4v) is 3.06. The van der Waals surface area contributed by atoms with Crippen LogP contribution in [0.3, 0.4) is 0 Å². The maximum absolute atomic E-state index is 4.37. The van der Waals surface area contributed by atoms with Gasteiger partial charge in [0.2, 0.25) is 0 Å². The van der Waals surface area contributed by atoms with Gasteiger partial charge in [-0.25, -0.2) is 0 Å². The highest BCUT2D eigenvalue weighted by Gasteiger charge is 2.36. The third-order valence-electron chi connectivity index (χ3n) is 4.48. The van der Waals surface area contributed by atoms with Gasteiger partial charge in [-0.2, -0.15) is 0 Å². The zero-order chi connectivity index (χ0) is 13.0. The molecule has 18 heavy (non-hydrogen) atoms. The van der Waals surface area contributed by atoms with E-state index in [1.54, 1.807) is 0 Å². The highest BCUT2D eigenvalue weighted by molar-refractivity contribution is 5.80. The monoisotopic (exact) mass is 251 g/mol. The van der Waals surface area contributed by atoms with Crippen molar-refractivity contribution < 1.29 is 0 Å². The topological polar surface area (TPSA) is 36.4 Å². The normalized spacial score (nSPS) is 36.3. The van der Waals surface area contributed by atoms with Gasteiger partial charge < -0.3 is 10.6 Å². The minimum Gasteiger partial charge on any atom is -0.354 e. The fourth-order valence-electron chi connectivity index (χ4n) is 3.06. The second-order valence-electron chi connectivity index (χ2n) is 6.21. The molecule has 0 aromatic rings. The Kier molecular flexibility index (Phi) is 4.90. The quantitative estimate of drug-likeness (QED) is 0.595. The summed E-state index contributed by atoms with van der Waals surface area (Å²) in [7, 11) is 1.89. The number of nitrogens with one attached hydrogen (secondary N) is 2. The first-order chi connectivity index (χ1) is 8.72. The lowest BCUT2D eigenvalue weighted by Crippen LogP contribution is -2.45. The van der Waals surface area contributed by atoms with E-state index in [1.165, 1.54) is 44.9 Å². The summed E-state index contributed by atoms with van der Waals surface area (Å²) in [6.45, 7) is 4.63. The molecule has 0 spiro atoms. The first-order valence-corrected chi connectivity index (χ1v) is 7.72. The Bertz CT molecular complexity index is 279. The maximum Gasteiger partial charge on any atom is 0.191 e. The number of hydrogen-bond donors (Lipinski definition) is 2. The molecular weight excluding hydrogens is 222 g/mol. The van der Waals surface area contributed by atoms with Crippen molar-refractivity contribution in [3.05, 3.63) is 0 Å². The predicted molar refractivity (Wildman–Crippen MR) is 77.9 cm³/mol. The van der Waals surface area contributed by atoms with Gasteiger partial charge in [-0.3, -0.25) is 4.99 Å². The molecule has 2 rings (SSSR count). The smallest absolute Gasteiger partial charge is 0.191 e. The molecule has 2 atom stereocenters. The van der Waals surface area contributed by atoms with Crippen LogP contribution in [0.2, 0.25) is 0 Å². The summed E-state index contributed by atoms with van der Waals surface area (Å²) in [6, 6.07) is 1.31. The van der Waals surface area contributed by atoms with Crippen LogP contribution < -0.4 is 10.6 Å². The van der Waals surface area contributed by atoms with E-state index in [9.17, 15) is 0 Å². The van der Waals surface area contributed by atoms with E-state index >= 15 is 0 Å². The molecule has 0 heterocycles. The Labute approximate surface area is 112 Å². The first kappa shape index (κ1) is 13.7. The Morgan fingerprint density at radius 1 is 1.17 bits per heavy atom. The second kappa shape index (κ2) is 6.44. The molecule has 3 heteroatoms. The highest BCUT2D eigenvalue weighted by atomic mass is 15.2. The predicted octanol–water partition coefficient (Wildman–Crippen LogP) is 2.92.